The Labute approximate surface area is 145 Å². The van der Waals surface area contributed by atoms with Crippen LogP contribution in [0.5, 0.6) is 0 Å². The third kappa shape index (κ3) is 3.90. The Balaban J connectivity index is 1.79. The van der Waals surface area contributed by atoms with Gasteiger partial charge in [0.1, 0.15) is 12.3 Å². The van der Waals surface area contributed by atoms with Gasteiger partial charge >= 0.3 is 0 Å². The number of nitrogens with zero attached hydrogens (tertiary/aromatic N) is 3. The Bertz CT molecular complexity index is 756. The van der Waals surface area contributed by atoms with E-state index in [0.717, 1.165) is 24.1 Å². The van der Waals surface area contributed by atoms with Crippen LogP contribution in [0.15, 0.2) is 46.3 Å². The average molecular weight is 343 g/mol. The number of ether oxygens (including phenoxy) is 2. The highest BCUT2D eigenvalue weighted by atomic mass is 16.5. The maximum atomic E-state index is 11.5. The molecule has 2 aliphatic rings. The quantitative estimate of drug-likeness (QED) is 0.781. The van der Waals surface area contributed by atoms with Crippen molar-refractivity contribution in [2.24, 2.45) is 21.5 Å². The van der Waals surface area contributed by atoms with E-state index in [1.54, 1.807) is 6.20 Å². The topological polar surface area (TPSA) is 116 Å². The summed E-state index contributed by atoms with van der Waals surface area (Å²) in [6, 6.07) is 8.30. The Morgan fingerprint density at radius 1 is 1.44 bits per heavy atom. The van der Waals surface area contributed by atoms with Crippen LogP contribution in [-0.2, 0) is 20.7 Å². The van der Waals surface area contributed by atoms with Gasteiger partial charge in [0.05, 0.1) is 25.9 Å². The Morgan fingerprint density at radius 3 is 2.92 bits per heavy atom. The van der Waals surface area contributed by atoms with E-state index in [1.807, 2.05) is 29.2 Å². The van der Waals surface area contributed by atoms with Crippen molar-refractivity contribution in [3.05, 3.63) is 41.9 Å². The van der Waals surface area contributed by atoms with Crippen LogP contribution in [0.4, 0.5) is 5.69 Å². The zero-order valence-electron chi connectivity index (χ0n) is 14.0. The lowest BCUT2D eigenvalue weighted by Gasteiger charge is -2.27. The molecule has 0 saturated carbocycles. The van der Waals surface area contributed by atoms with Crippen molar-refractivity contribution in [2.45, 2.75) is 18.9 Å². The van der Waals surface area contributed by atoms with E-state index in [2.05, 4.69) is 9.98 Å². The number of amides is 1. The third-order valence-corrected chi connectivity index (χ3v) is 4.11. The minimum Gasteiger partial charge on any atom is -0.480 e. The van der Waals surface area contributed by atoms with Gasteiger partial charge in [0, 0.05) is 5.69 Å². The number of primary amides is 1. The van der Waals surface area contributed by atoms with E-state index in [0.29, 0.717) is 19.0 Å². The lowest BCUT2D eigenvalue weighted by Crippen LogP contribution is -2.37. The van der Waals surface area contributed by atoms with Crippen molar-refractivity contribution in [3.8, 4) is 0 Å². The Kier molecular flexibility index (Phi) is 4.87. The second kappa shape index (κ2) is 7.25. The van der Waals surface area contributed by atoms with Gasteiger partial charge in [-0.2, -0.15) is 0 Å². The normalized spacial score (nSPS) is 19.6. The molecule has 4 N–H and O–H groups in total. The predicted molar refractivity (Wildman–Crippen MR) is 95.2 cm³/mol. The average Bonchev–Trinajstić information content (AvgIpc) is 3.05. The zero-order chi connectivity index (χ0) is 17.8. The van der Waals surface area contributed by atoms with E-state index in [9.17, 15) is 4.79 Å². The van der Waals surface area contributed by atoms with Crippen LogP contribution in [-0.4, -0.2) is 43.9 Å². The summed E-state index contributed by atoms with van der Waals surface area (Å²) in [5.74, 6) is -0.213. The van der Waals surface area contributed by atoms with Crippen molar-refractivity contribution in [1.82, 2.24) is 0 Å². The zero-order valence-corrected chi connectivity index (χ0v) is 14.0. The van der Waals surface area contributed by atoms with Crippen LogP contribution >= 0.6 is 0 Å². The summed E-state index contributed by atoms with van der Waals surface area (Å²) in [4.78, 5) is 21.8. The molecule has 3 rings (SSSR count). The molecule has 0 radical (unpaired) electrons. The summed E-state index contributed by atoms with van der Waals surface area (Å²) in [5, 5.41) is 0. The number of hydrogen-bond acceptors (Lipinski definition) is 7. The Morgan fingerprint density at radius 2 is 2.24 bits per heavy atom. The van der Waals surface area contributed by atoms with Gasteiger partial charge in [0.2, 0.25) is 5.88 Å². The molecule has 8 heteroatoms. The monoisotopic (exact) mass is 343 g/mol. The van der Waals surface area contributed by atoms with E-state index in [1.165, 1.54) is 7.11 Å². The number of para-hydroxylation sites is 1. The summed E-state index contributed by atoms with van der Waals surface area (Å²) < 4.78 is 10.4. The number of carbonyl (C=O) groups excluding carboxylic acids is 1. The number of carbonyl (C=O) groups is 1. The van der Waals surface area contributed by atoms with Crippen molar-refractivity contribution < 1.29 is 14.3 Å². The molecule has 0 aromatic heterocycles. The molecule has 0 saturated heterocycles. The summed E-state index contributed by atoms with van der Waals surface area (Å²) >= 11 is 0. The molecule has 1 aromatic rings. The van der Waals surface area contributed by atoms with E-state index < -0.39 is 5.91 Å². The fraction of sp³-hybridized carbons (Fsp3) is 0.353. The highest BCUT2D eigenvalue weighted by Gasteiger charge is 2.22. The number of anilines is 1. The number of aryl methyl sites for hydroxylation is 1. The largest absolute Gasteiger partial charge is 0.480 e. The fourth-order valence-electron chi connectivity index (χ4n) is 2.83. The number of nitrogens with two attached hydrogens (primary N) is 2. The van der Waals surface area contributed by atoms with Crippen LogP contribution < -0.4 is 16.4 Å². The maximum absolute atomic E-state index is 11.5. The number of rotatable bonds is 6. The first-order valence-corrected chi connectivity index (χ1v) is 8.00. The molecule has 0 aliphatic carbocycles. The number of benzene rings is 1. The second-order valence-electron chi connectivity index (χ2n) is 5.82. The molecule has 1 unspecified atom stereocenters. The summed E-state index contributed by atoms with van der Waals surface area (Å²) in [7, 11) is 1.51. The molecule has 8 nitrogen and oxygen atoms in total. The van der Waals surface area contributed by atoms with Gasteiger partial charge in [0.25, 0.3) is 11.9 Å². The van der Waals surface area contributed by atoms with Gasteiger partial charge in [-0.15, -0.1) is 0 Å². The van der Waals surface area contributed by atoms with Crippen LogP contribution in [0.25, 0.3) is 0 Å². The van der Waals surface area contributed by atoms with Crippen molar-refractivity contribution >= 4 is 23.3 Å². The van der Waals surface area contributed by atoms with E-state index >= 15 is 0 Å². The summed E-state index contributed by atoms with van der Waals surface area (Å²) in [5.41, 5.74) is 13.3. The van der Waals surface area contributed by atoms with Crippen LogP contribution in [0.3, 0.4) is 0 Å². The first-order valence-electron chi connectivity index (χ1n) is 8.00. The molecule has 25 heavy (non-hydrogen) atoms. The van der Waals surface area contributed by atoms with Gasteiger partial charge in [-0.05, 0) is 24.5 Å². The predicted octanol–water partition coefficient (Wildman–Crippen LogP) is 0.524. The first-order chi connectivity index (χ1) is 12.1. The van der Waals surface area contributed by atoms with Gasteiger partial charge in [-0.3, -0.25) is 4.79 Å². The second-order valence-corrected chi connectivity index (χ2v) is 5.82. The van der Waals surface area contributed by atoms with Crippen molar-refractivity contribution in [1.29, 1.82) is 0 Å². The van der Waals surface area contributed by atoms with Crippen LogP contribution in [0.1, 0.15) is 12.0 Å². The summed E-state index contributed by atoms with van der Waals surface area (Å²) in [6.45, 7) is 0.820. The van der Waals surface area contributed by atoms with Gasteiger partial charge in [0.15, 0.2) is 0 Å². The molecule has 132 valence electrons. The van der Waals surface area contributed by atoms with E-state index in [-0.39, 0.29) is 17.8 Å². The molecule has 0 spiro atoms. The minimum absolute atomic E-state index is 0.0715. The molecule has 1 atom stereocenters. The van der Waals surface area contributed by atoms with Gasteiger partial charge < -0.3 is 25.8 Å². The molecular weight excluding hydrogens is 322 g/mol. The van der Waals surface area contributed by atoms with Gasteiger partial charge in [-0.1, -0.05) is 18.2 Å². The van der Waals surface area contributed by atoms with Crippen LogP contribution in [0.2, 0.25) is 0 Å². The number of aliphatic imine (C=N–C) groups is 2. The van der Waals surface area contributed by atoms with E-state index in [4.69, 9.17) is 20.9 Å². The highest BCUT2D eigenvalue weighted by molar-refractivity contribution is 6.40. The molecule has 1 aromatic carbocycles. The fourth-order valence-corrected chi connectivity index (χ4v) is 2.83. The first kappa shape index (κ1) is 16.8. The molecule has 0 fully saturated rings. The number of hydrogen-bond donors (Lipinski definition) is 2. The lowest BCUT2D eigenvalue weighted by atomic mass is 10.0. The molecule has 2 aliphatic heterocycles. The molecule has 0 bridgehead atoms. The maximum Gasteiger partial charge on any atom is 0.282 e. The minimum atomic E-state index is -0.557. The molecule has 1 amide bonds. The van der Waals surface area contributed by atoms with Crippen LogP contribution in [0, 0.1) is 0 Å². The third-order valence-electron chi connectivity index (χ3n) is 4.11. The smallest absolute Gasteiger partial charge is 0.282 e. The van der Waals surface area contributed by atoms with Crippen molar-refractivity contribution in [3.63, 3.8) is 0 Å². The Hall–Kier alpha value is -3.03. The summed E-state index contributed by atoms with van der Waals surface area (Å²) in [6.07, 6.45) is 3.39. The molecular formula is C17H21N5O3. The van der Waals surface area contributed by atoms with Gasteiger partial charge in [-0.25, -0.2) is 9.98 Å². The molecule has 2 heterocycles. The standard InChI is InChI=1S/C17H21N5O3/c1-24-15-9-22(8-13(21-15)16(18)23)14-5-3-2-4-11(14)6-7-12-10-25-17(19)20-12/h2-5,9,12H,6-8,10H2,1H3,(H2,18,23)(H2,19,20). The lowest BCUT2D eigenvalue weighted by molar-refractivity contribution is -0.112. The SMILES string of the molecule is COC1=CN(c2ccccc2CCC2COC(N)=N2)CC(C(N)=O)=N1. The van der Waals surface area contributed by atoms with Crippen molar-refractivity contribution in [2.75, 3.05) is 25.2 Å². The number of amidine groups is 1. The highest BCUT2D eigenvalue weighted by Crippen LogP contribution is 2.26. The number of methoxy groups -OCH3 is 1.